The van der Waals surface area contributed by atoms with E-state index in [1.165, 1.54) is 12.1 Å². The van der Waals surface area contributed by atoms with Crippen LogP contribution in [-0.4, -0.2) is 34.5 Å². The molecule has 4 rings (SSSR count). The van der Waals surface area contributed by atoms with Gasteiger partial charge in [0.05, 0.1) is 23.5 Å². The number of carbonyl (C=O) groups is 1. The minimum Gasteiger partial charge on any atom is -0.390 e. The standard InChI is InChI=1S/C26H24F4N4O2/c1-15(31-11-10-16-2-6-19(27)7-3-16)33-20-8-4-17-12-22(35)24(21(17)13-20)34-25(36)18-5-9-23(32-14-18)26(28,29)30/h2-9,13-14,22,24,35H,10-12H2,1H3,(H,31,33)(H,34,36)/t22-,24-/m1/s1. The lowest BCUT2D eigenvalue weighted by Crippen LogP contribution is -2.34. The summed E-state index contributed by atoms with van der Waals surface area (Å²) in [7, 11) is 0. The zero-order valence-corrected chi connectivity index (χ0v) is 19.3. The van der Waals surface area contributed by atoms with Gasteiger partial charge in [0, 0.05) is 24.8 Å². The van der Waals surface area contributed by atoms with Crippen LogP contribution in [0.5, 0.6) is 0 Å². The van der Waals surface area contributed by atoms with Crippen molar-refractivity contribution in [3.63, 3.8) is 0 Å². The zero-order valence-electron chi connectivity index (χ0n) is 19.3. The number of carbonyl (C=O) groups excluding carboxylic acids is 1. The lowest BCUT2D eigenvalue weighted by Gasteiger charge is -2.19. The number of nitrogens with zero attached hydrogens (tertiary/aromatic N) is 2. The van der Waals surface area contributed by atoms with E-state index in [2.05, 4.69) is 20.6 Å². The number of benzene rings is 2. The second-order valence-corrected chi connectivity index (χ2v) is 8.53. The first-order chi connectivity index (χ1) is 17.1. The van der Waals surface area contributed by atoms with Crippen molar-refractivity contribution < 1.29 is 27.5 Å². The number of aromatic nitrogens is 1. The third-order valence-electron chi connectivity index (χ3n) is 5.89. The number of hydrogen-bond acceptors (Lipinski definition) is 4. The van der Waals surface area contributed by atoms with E-state index in [9.17, 15) is 27.5 Å². The van der Waals surface area contributed by atoms with E-state index >= 15 is 0 Å². The molecule has 1 aliphatic carbocycles. The Morgan fingerprint density at radius 2 is 1.89 bits per heavy atom. The van der Waals surface area contributed by atoms with Crippen molar-refractivity contribution in [2.75, 3.05) is 11.9 Å². The summed E-state index contributed by atoms with van der Waals surface area (Å²) in [5.74, 6) is -0.260. The van der Waals surface area contributed by atoms with Crippen LogP contribution in [0.1, 0.15) is 45.7 Å². The molecule has 0 saturated heterocycles. The third kappa shape index (κ3) is 6.06. The molecule has 2 atom stereocenters. The van der Waals surface area contributed by atoms with Crippen molar-refractivity contribution in [3.8, 4) is 0 Å². The maximum Gasteiger partial charge on any atom is 0.433 e. The first-order valence-electron chi connectivity index (χ1n) is 11.3. The van der Waals surface area contributed by atoms with Gasteiger partial charge in [-0.05, 0) is 66.4 Å². The van der Waals surface area contributed by atoms with Gasteiger partial charge in [0.2, 0.25) is 0 Å². The number of amides is 1. The van der Waals surface area contributed by atoms with Gasteiger partial charge in [-0.15, -0.1) is 0 Å². The Hall–Kier alpha value is -3.79. The van der Waals surface area contributed by atoms with Crippen molar-refractivity contribution in [3.05, 3.63) is 94.6 Å². The molecule has 188 valence electrons. The molecule has 0 unspecified atom stereocenters. The number of aliphatic hydroxyl groups is 1. The molecule has 10 heteroatoms. The van der Waals surface area contributed by atoms with E-state index in [1.54, 1.807) is 18.2 Å². The van der Waals surface area contributed by atoms with Crippen LogP contribution in [0.3, 0.4) is 0 Å². The van der Waals surface area contributed by atoms with Crippen LogP contribution in [0.15, 0.2) is 65.8 Å². The lowest BCUT2D eigenvalue weighted by atomic mass is 10.1. The number of anilines is 1. The van der Waals surface area contributed by atoms with E-state index in [1.807, 2.05) is 19.1 Å². The fraction of sp³-hybridized carbons (Fsp3) is 0.269. The van der Waals surface area contributed by atoms with Gasteiger partial charge in [0.15, 0.2) is 0 Å². The first-order valence-corrected chi connectivity index (χ1v) is 11.3. The summed E-state index contributed by atoms with van der Waals surface area (Å²) in [6.07, 6.45) is -3.63. The highest BCUT2D eigenvalue weighted by Gasteiger charge is 2.34. The molecule has 1 aromatic heterocycles. The Labute approximate surface area is 205 Å². The van der Waals surface area contributed by atoms with Crippen LogP contribution < -0.4 is 10.6 Å². The minimum atomic E-state index is -4.60. The topological polar surface area (TPSA) is 86.6 Å². The van der Waals surface area contributed by atoms with Crippen LogP contribution in [0.4, 0.5) is 23.2 Å². The maximum atomic E-state index is 13.0. The monoisotopic (exact) mass is 500 g/mol. The van der Waals surface area contributed by atoms with Crippen molar-refractivity contribution in [1.82, 2.24) is 10.3 Å². The highest BCUT2D eigenvalue weighted by molar-refractivity contribution is 5.95. The molecule has 0 bridgehead atoms. The number of amidine groups is 1. The van der Waals surface area contributed by atoms with Crippen LogP contribution in [0, 0.1) is 5.82 Å². The molecule has 0 aliphatic heterocycles. The predicted molar refractivity (Wildman–Crippen MR) is 127 cm³/mol. The highest BCUT2D eigenvalue weighted by Crippen LogP contribution is 2.34. The predicted octanol–water partition coefficient (Wildman–Crippen LogP) is 4.70. The van der Waals surface area contributed by atoms with Gasteiger partial charge in [-0.3, -0.25) is 14.8 Å². The van der Waals surface area contributed by atoms with Gasteiger partial charge in [-0.1, -0.05) is 18.2 Å². The number of fused-ring (bicyclic) bond motifs is 1. The lowest BCUT2D eigenvalue weighted by molar-refractivity contribution is -0.141. The fourth-order valence-electron chi connectivity index (χ4n) is 4.05. The van der Waals surface area contributed by atoms with Crippen LogP contribution >= 0.6 is 0 Å². The number of aliphatic hydroxyl groups excluding tert-OH is 1. The van der Waals surface area contributed by atoms with Crippen molar-refractivity contribution in [2.24, 2.45) is 4.99 Å². The molecule has 1 aliphatic rings. The summed E-state index contributed by atoms with van der Waals surface area (Å²) in [5.41, 5.74) is 2.12. The Morgan fingerprint density at radius 3 is 2.56 bits per heavy atom. The number of nitrogens with one attached hydrogen (secondary N) is 2. The van der Waals surface area contributed by atoms with E-state index < -0.39 is 29.9 Å². The summed E-state index contributed by atoms with van der Waals surface area (Å²) in [6, 6.07) is 12.8. The molecule has 1 heterocycles. The molecular weight excluding hydrogens is 476 g/mol. The number of alkyl halides is 3. The van der Waals surface area contributed by atoms with Crippen LogP contribution in [0.25, 0.3) is 0 Å². The minimum absolute atomic E-state index is 0.0398. The van der Waals surface area contributed by atoms with Crippen LogP contribution in [0.2, 0.25) is 0 Å². The largest absolute Gasteiger partial charge is 0.433 e. The molecule has 0 spiro atoms. The molecule has 3 N–H and O–H groups in total. The average Bonchev–Trinajstić information content (AvgIpc) is 3.14. The molecule has 0 radical (unpaired) electrons. The summed E-state index contributed by atoms with van der Waals surface area (Å²) < 4.78 is 51.2. The number of aliphatic imine (C=N–C) groups is 1. The molecular formula is C26H24F4N4O2. The van der Waals surface area contributed by atoms with Gasteiger partial charge in [0.1, 0.15) is 11.5 Å². The van der Waals surface area contributed by atoms with Gasteiger partial charge >= 0.3 is 6.18 Å². The highest BCUT2D eigenvalue weighted by atomic mass is 19.4. The van der Waals surface area contributed by atoms with Gasteiger partial charge in [-0.25, -0.2) is 4.39 Å². The number of hydrogen-bond donors (Lipinski definition) is 3. The molecule has 1 amide bonds. The second kappa shape index (κ2) is 10.4. The number of halogens is 4. The fourth-order valence-corrected chi connectivity index (χ4v) is 4.05. The molecule has 2 aromatic carbocycles. The number of rotatable bonds is 6. The Morgan fingerprint density at radius 1 is 1.14 bits per heavy atom. The van der Waals surface area contributed by atoms with Crippen molar-refractivity contribution in [2.45, 2.75) is 38.1 Å². The van der Waals surface area contributed by atoms with Gasteiger partial charge < -0.3 is 15.7 Å². The van der Waals surface area contributed by atoms with Crippen molar-refractivity contribution >= 4 is 17.4 Å². The van der Waals surface area contributed by atoms with E-state index in [0.29, 0.717) is 36.5 Å². The molecule has 3 aromatic rings. The summed E-state index contributed by atoms with van der Waals surface area (Å²) in [5, 5.41) is 16.4. The quantitative estimate of drug-likeness (QED) is 0.260. The SMILES string of the molecule is CC(=NCCc1ccc(F)cc1)Nc1ccc2c(c1)[C@@H](NC(=O)c1ccc(C(F)(F)F)nc1)[C@H](O)C2. The Balaban J connectivity index is 1.41. The molecule has 6 nitrogen and oxygen atoms in total. The number of pyridine rings is 1. The third-order valence-corrected chi connectivity index (χ3v) is 5.89. The molecule has 0 fully saturated rings. The molecule has 0 saturated carbocycles. The molecule has 36 heavy (non-hydrogen) atoms. The smallest absolute Gasteiger partial charge is 0.390 e. The average molecular weight is 500 g/mol. The summed E-state index contributed by atoms with van der Waals surface area (Å²) in [4.78, 5) is 20.4. The summed E-state index contributed by atoms with van der Waals surface area (Å²) >= 11 is 0. The van der Waals surface area contributed by atoms with E-state index in [-0.39, 0.29) is 11.4 Å². The zero-order chi connectivity index (χ0) is 25.9. The van der Waals surface area contributed by atoms with E-state index in [4.69, 9.17) is 0 Å². The Bertz CT molecular complexity index is 1260. The normalized spacial score (nSPS) is 17.6. The summed E-state index contributed by atoms with van der Waals surface area (Å²) in [6.45, 7) is 2.32. The maximum absolute atomic E-state index is 13.0. The first kappa shape index (κ1) is 25.3. The van der Waals surface area contributed by atoms with Crippen molar-refractivity contribution in [1.29, 1.82) is 0 Å². The second-order valence-electron chi connectivity index (χ2n) is 8.53. The Kier molecular flexibility index (Phi) is 7.35. The van der Waals surface area contributed by atoms with E-state index in [0.717, 1.165) is 29.5 Å². The van der Waals surface area contributed by atoms with Crippen LogP contribution in [-0.2, 0) is 19.0 Å². The van der Waals surface area contributed by atoms with Gasteiger partial charge in [-0.2, -0.15) is 13.2 Å². The van der Waals surface area contributed by atoms with Gasteiger partial charge in [0.25, 0.3) is 5.91 Å².